The van der Waals surface area contributed by atoms with E-state index in [0.717, 1.165) is 0 Å². The Kier molecular flexibility index (Phi) is 3.24. The topological polar surface area (TPSA) is 23.6 Å². The van der Waals surface area contributed by atoms with Crippen LogP contribution >= 0.6 is 11.6 Å². The molecule has 2 rings (SSSR count). The predicted octanol–water partition coefficient (Wildman–Crippen LogP) is 2.65. The average Bonchev–Trinajstić information content (AvgIpc) is 2.61. The fourth-order valence-corrected chi connectivity index (χ4v) is 2.11. The van der Waals surface area contributed by atoms with Gasteiger partial charge in [0, 0.05) is 30.7 Å². The first-order valence-corrected chi connectivity index (χ1v) is 5.82. The second-order valence-corrected chi connectivity index (χ2v) is 4.69. The van der Waals surface area contributed by atoms with E-state index in [1.807, 2.05) is 0 Å². The van der Waals surface area contributed by atoms with Crippen LogP contribution in [0.1, 0.15) is 11.1 Å². The molecule has 1 heterocycles. The maximum Gasteiger partial charge on any atom is 0.320 e. The van der Waals surface area contributed by atoms with Crippen molar-refractivity contribution in [1.29, 1.82) is 0 Å². The van der Waals surface area contributed by atoms with E-state index in [4.69, 9.17) is 11.6 Å². The van der Waals surface area contributed by atoms with Crippen molar-refractivity contribution in [3.63, 3.8) is 0 Å². The first-order chi connectivity index (χ1) is 8.00. The third-order valence-electron chi connectivity index (χ3n) is 3.03. The monoisotopic (exact) mass is 256 g/mol. The number of likely N-dealkylation sites (N-methyl/N-ethyl adjacent to an activating group) is 1. The molecular weight excluding hydrogens is 243 g/mol. The maximum absolute atomic E-state index is 13.9. The molecule has 0 spiro atoms. The molecule has 2 amide bonds. The van der Waals surface area contributed by atoms with Gasteiger partial charge in [-0.1, -0.05) is 17.7 Å². The first kappa shape index (κ1) is 12.2. The molecule has 3 nitrogen and oxygen atoms in total. The van der Waals surface area contributed by atoms with E-state index in [-0.39, 0.29) is 18.4 Å². The van der Waals surface area contributed by atoms with E-state index >= 15 is 0 Å². The molecule has 1 saturated heterocycles. The number of rotatable bonds is 2. The Balaban J connectivity index is 2.25. The van der Waals surface area contributed by atoms with Crippen LogP contribution < -0.4 is 0 Å². The van der Waals surface area contributed by atoms with Gasteiger partial charge in [-0.2, -0.15) is 0 Å². The number of hydrogen-bond acceptors (Lipinski definition) is 1. The summed E-state index contributed by atoms with van der Waals surface area (Å²) in [6.45, 7) is 3.20. The summed E-state index contributed by atoms with van der Waals surface area (Å²) in [7, 11) is 1.73. The third kappa shape index (κ3) is 2.22. The zero-order valence-electron chi connectivity index (χ0n) is 9.83. The van der Waals surface area contributed by atoms with Gasteiger partial charge in [0.25, 0.3) is 0 Å². The summed E-state index contributed by atoms with van der Waals surface area (Å²) in [5.74, 6) is -0.320. The van der Waals surface area contributed by atoms with Crippen molar-refractivity contribution in [1.82, 2.24) is 9.80 Å². The Morgan fingerprint density at radius 2 is 2.12 bits per heavy atom. The van der Waals surface area contributed by atoms with Crippen molar-refractivity contribution in [3.05, 3.63) is 34.1 Å². The van der Waals surface area contributed by atoms with Crippen molar-refractivity contribution >= 4 is 17.6 Å². The van der Waals surface area contributed by atoms with Gasteiger partial charge in [0.2, 0.25) is 0 Å². The molecule has 1 aliphatic rings. The Hall–Kier alpha value is -1.29. The molecule has 1 aromatic carbocycles. The zero-order chi connectivity index (χ0) is 12.6. The van der Waals surface area contributed by atoms with Gasteiger partial charge in [0.1, 0.15) is 5.82 Å². The summed E-state index contributed by atoms with van der Waals surface area (Å²) in [4.78, 5) is 14.9. The lowest BCUT2D eigenvalue weighted by Gasteiger charge is -2.17. The number of urea groups is 1. The molecule has 0 saturated carbocycles. The van der Waals surface area contributed by atoms with Crippen LogP contribution in [0.2, 0.25) is 5.02 Å². The van der Waals surface area contributed by atoms with Gasteiger partial charge in [-0.25, -0.2) is 9.18 Å². The largest absolute Gasteiger partial charge is 0.326 e. The number of amides is 2. The van der Waals surface area contributed by atoms with Crippen molar-refractivity contribution in [2.75, 3.05) is 20.1 Å². The highest BCUT2D eigenvalue weighted by Gasteiger charge is 2.26. The standard InChI is InChI=1S/C12H14ClFN2O/c1-8-3-4-10(13)9(11(8)14)7-16-6-5-15(2)12(16)17/h3-4H,5-7H2,1-2H3. The number of aryl methyl sites for hydroxylation is 1. The molecule has 0 aromatic heterocycles. The Morgan fingerprint density at radius 1 is 1.41 bits per heavy atom. The number of benzene rings is 1. The summed E-state index contributed by atoms with van der Waals surface area (Å²) in [5, 5.41) is 0.371. The lowest BCUT2D eigenvalue weighted by Crippen LogP contribution is -2.29. The number of carbonyl (C=O) groups is 1. The minimum absolute atomic E-state index is 0.0815. The second kappa shape index (κ2) is 4.53. The van der Waals surface area contributed by atoms with Crippen molar-refractivity contribution < 1.29 is 9.18 Å². The van der Waals surface area contributed by atoms with Crippen molar-refractivity contribution in [2.24, 2.45) is 0 Å². The van der Waals surface area contributed by atoms with Gasteiger partial charge in [-0.05, 0) is 18.6 Å². The lowest BCUT2D eigenvalue weighted by molar-refractivity contribution is 0.196. The summed E-state index contributed by atoms with van der Waals surface area (Å²) < 4.78 is 13.9. The van der Waals surface area contributed by atoms with E-state index < -0.39 is 0 Å². The quantitative estimate of drug-likeness (QED) is 0.798. The minimum Gasteiger partial charge on any atom is -0.326 e. The molecule has 0 bridgehead atoms. The highest BCUT2D eigenvalue weighted by atomic mass is 35.5. The molecule has 92 valence electrons. The number of nitrogens with zero attached hydrogens (tertiary/aromatic N) is 2. The van der Waals surface area contributed by atoms with Crippen LogP contribution in [0.25, 0.3) is 0 Å². The normalized spacial score (nSPS) is 15.9. The maximum atomic E-state index is 13.9. The van der Waals surface area contributed by atoms with Crippen LogP contribution in [0, 0.1) is 12.7 Å². The summed E-state index contributed by atoms with van der Waals surface area (Å²) in [6, 6.07) is 3.22. The molecule has 0 radical (unpaired) electrons. The van der Waals surface area contributed by atoms with E-state index in [9.17, 15) is 9.18 Å². The van der Waals surface area contributed by atoms with Gasteiger partial charge < -0.3 is 9.80 Å². The van der Waals surface area contributed by atoms with E-state index in [1.54, 1.807) is 35.9 Å². The third-order valence-corrected chi connectivity index (χ3v) is 3.38. The molecule has 0 atom stereocenters. The molecule has 0 N–H and O–H groups in total. The SMILES string of the molecule is Cc1ccc(Cl)c(CN2CCN(C)C2=O)c1F. The Morgan fingerprint density at radius 3 is 2.71 bits per heavy atom. The van der Waals surface area contributed by atoms with Gasteiger partial charge in [0.05, 0.1) is 6.54 Å². The van der Waals surface area contributed by atoms with Crippen molar-refractivity contribution in [2.45, 2.75) is 13.5 Å². The van der Waals surface area contributed by atoms with Crippen LogP contribution in [0.4, 0.5) is 9.18 Å². The zero-order valence-corrected chi connectivity index (χ0v) is 10.6. The predicted molar refractivity (Wildman–Crippen MR) is 64.6 cm³/mol. The molecular formula is C12H14ClFN2O. The first-order valence-electron chi connectivity index (χ1n) is 5.44. The molecule has 0 aliphatic carbocycles. The highest BCUT2D eigenvalue weighted by Crippen LogP contribution is 2.24. The molecule has 17 heavy (non-hydrogen) atoms. The molecule has 1 aliphatic heterocycles. The van der Waals surface area contributed by atoms with Crippen molar-refractivity contribution in [3.8, 4) is 0 Å². The molecule has 1 fully saturated rings. The van der Waals surface area contributed by atoms with Gasteiger partial charge in [-0.15, -0.1) is 0 Å². The summed E-state index contributed by atoms with van der Waals surface area (Å²) in [6.07, 6.45) is 0. The lowest BCUT2D eigenvalue weighted by atomic mass is 10.1. The van der Waals surface area contributed by atoms with Crippen LogP contribution in [0.5, 0.6) is 0 Å². The summed E-state index contributed by atoms with van der Waals surface area (Å²) in [5.41, 5.74) is 0.944. The average molecular weight is 257 g/mol. The van der Waals surface area contributed by atoms with Crippen LogP contribution in [0.15, 0.2) is 12.1 Å². The van der Waals surface area contributed by atoms with E-state index in [2.05, 4.69) is 0 Å². The Bertz CT molecular complexity index is 464. The van der Waals surface area contributed by atoms with Gasteiger partial charge in [-0.3, -0.25) is 0 Å². The number of halogens is 2. The fourth-order valence-electron chi connectivity index (χ4n) is 1.90. The van der Waals surface area contributed by atoms with Gasteiger partial charge >= 0.3 is 6.03 Å². The highest BCUT2D eigenvalue weighted by molar-refractivity contribution is 6.31. The fraction of sp³-hybridized carbons (Fsp3) is 0.417. The van der Waals surface area contributed by atoms with E-state index in [1.165, 1.54) is 0 Å². The van der Waals surface area contributed by atoms with E-state index in [0.29, 0.717) is 29.2 Å². The van der Waals surface area contributed by atoms with Crippen LogP contribution in [-0.4, -0.2) is 36.0 Å². The smallest absolute Gasteiger partial charge is 0.320 e. The number of hydrogen-bond donors (Lipinski definition) is 0. The Labute approximate surface area is 105 Å². The molecule has 1 aromatic rings. The van der Waals surface area contributed by atoms with Gasteiger partial charge in [0.15, 0.2) is 0 Å². The molecule has 0 unspecified atom stereocenters. The molecule has 5 heteroatoms. The minimum atomic E-state index is -0.320. The van der Waals surface area contributed by atoms with Crippen LogP contribution in [0.3, 0.4) is 0 Å². The summed E-state index contributed by atoms with van der Waals surface area (Å²) >= 11 is 5.97. The van der Waals surface area contributed by atoms with Crippen LogP contribution in [-0.2, 0) is 6.54 Å². The second-order valence-electron chi connectivity index (χ2n) is 4.28. The number of carbonyl (C=O) groups excluding carboxylic acids is 1.